The second-order valence-electron chi connectivity index (χ2n) is 5.57. The Labute approximate surface area is 117 Å². The van der Waals surface area contributed by atoms with Crippen molar-refractivity contribution < 1.29 is 14.7 Å². The molecule has 20 heavy (non-hydrogen) atoms. The zero-order chi connectivity index (χ0) is 14.3. The minimum Gasteiger partial charge on any atom is -0.481 e. The Balaban J connectivity index is 2.18. The molecule has 1 amide bonds. The molecule has 0 aromatic heterocycles. The predicted octanol–water partition coefficient (Wildman–Crippen LogP) is 2.24. The molecule has 2 aliphatic rings. The van der Waals surface area contributed by atoms with Gasteiger partial charge in [-0.25, -0.2) is 0 Å². The molecule has 104 valence electrons. The number of amides is 1. The Bertz CT molecular complexity index is 581. The van der Waals surface area contributed by atoms with Crippen LogP contribution in [0.25, 0.3) is 0 Å². The number of allylic oxidation sites excluding steroid dienone is 2. The summed E-state index contributed by atoms with van der Waals surface area (Å²) in [5.74, 6) is -1.40. The SMILES string of the molecule is CN1C(=O)[C@@H]2CC=CC[C@]2(C(=O)O)[C@@H]1c1ccccc1. The van der Waals surface area contributed by atoms with Gasteiger partial charge in [0.25, 0.3) is 0 Å². The quantitative estimate of drug-likeness (QED) is 0.839. The first kappa shape index (κ1) is 12.9. The van der Waals surface area contributed by atoms with Gasteiger partial charge in [0.2, 0.25) is 5.91 Å². The number of carboxylic acids is 1. The molecule has 0 spiro atoms. The van der Waals surface area contributed by atoms with Crippen LogP contribution in [-0.4, -0.2) is 28.9 Å². The van der Waals surface area contributed by atoms with Crippen molar-refractivity contribution in [1.29, 1.82) is 0 Å². The van der Waals surface area contributed by atoms with Crippen molar-refractivity contribution >= 4 is 11.9 Å². The van der Waals surface area contributed by atoms with Gasteiger partial charge in [0.05, 0.1) is 12.0 Å². The van der Waals surface area contributed by atoms with Gasteiger partial charge in [-0.05, 0) is 18.4 Å². The van der Waals surface area contributed by atoms with Gasteiger partial charge in [0, 0.05) is 7.05 Å². The minimum absolute atomic E-state index is 0.0643. The van der Waals surface area contributed by atoms with E-state index in [2.05, 4.69) is 0 Å². The van der Waals surface area contributed by atoms with E-state index < -0.39 is 23.3 Å². The van der Waals surface area contributed by atoms with E-state index in [1.165, 1.54) is 0 Å². The Morgan fingerprint density at radius 2 is 2.00 bits per heavy atom. The molecule has 1 aliphatic heterocycles. The number of rotatable bonds is 2. The fourth-order valence-corrected chi connectivity index (χ4v) is 3.71. The summed E-state index contributed by atoms with van der Waals surface area (Å²) in [5, 5.41) is 9.85. The highest BCUT2D eigenvalue weighted by Crippen LogP contribution is 2.56. The normalized spacial score (nSPS) is 32.2. The van der Waals surface area contributed by atoms with Crippen LogP contribution in [0.3, 0.4) is 0 Å². The Hall–Kier alpha value is -2.10. The molecule has 0 radical (unpaired) electrons. The molecule has 1 heterocycles. The number of carboxylic acid groups (broad SMARTS) is 1. The van der Waals surface area contributed by atoms with Crippen molar-refractivity contribution in [2.24, 2.45) is 11.3 Å². The van der Waals surface area contributed by atoms with Crippen molar-refractivity contribution in [2.45, 2.75) is 18.9 Å². The molecule has 1 aliphatic carbocycles. The molecule has 1 saturated heterocycles. The fraction of sp³-hybridized carbons (Fsp3) is 0.375. The molecule has 4 heteroatoms. The summed E-state index contributed by atoms with van der Waals surface area (Å²) in [7, 11) is 1.71. The number of hydrogen-bond donors (Lipinski definition) is 1. The van der Waals surface area contributed by atoms with Gasteiger partial charge in [-0.2, -0.15) is 0 Å². The zero-order valence-corrected chi connectivity index (χ0v) is 11.3. The van der Waals surface area contributed by atoms with Gasteiger partial charge in [0.1, 0.15) is 5.41 Å². The molecule has 3 atom stereocenters. The van der Waals surface area contributed by atoms with E-state index in [4.69, 9.17) is 0 Å². The Morgan fingerprint density at radius 1 is 1.30 bits per heavy atom. The number of fused-ring (bicyclic) bond motifs is 1. The molecule has 4 nitrogen and oxygen atoms in total. The van der Waals surface area contributed by atoms with Gasteiger partial charge in [0.15, 0.2) is 0 Å². The van der Waals surface area contributed by atoms with Crippen LogP contribution in [0, 0.1) is 11.3 Å². The highest BCUT2D eigenvalue weighted by Gasteiger charge is 2.62. The smallest absolute Gasteiger partial charge is 0.313 e. The van der Waals surface area contributed by atoms with E-state index in [1.807, 2.05) is 42.5 Å². The summed E-state index contributed by atoms with van der Waals surface area (Å²) in [5.41, 5.74) is -0.148. The van der Waals surface area contributed by atoms with Gasteiger partial charge in [-0.15, -0.1) is 0 Å². The zero-order valence-electron chi connectivity index (χ0n) is 11.3. The van der Waals surface area contributed by atoms with Crippen LogP contribution in [0.2, 0.25) is 0 Å². The average molecular weight is 271 g/mol. The van der Waals surface area contributed by atoms with Gasteiger partial charge >= 0.3 is 5.97 Å². The molecule has 0 unspecified atom stereocenters. The van der Waals surface area contributed by atoms with Crippen molar-refractivity contribution in [3.8, 4) is 0 Å². The summed E-state index contributed by atoms with van der Waals surface area (Å²) in [6.45, 7) is 0. The largest absolute Gasteiger partial charge is 0.481 e. The molecule has 1 aromatic carbocycles. The van der Waals surface area contributed by atoms with Crippen LogP contribution in [0.1, 0.15) is 24.4 Å². The third-order valence-electron chi connectivity index (χ3n) is 4.65. The molecule has 1 N–H and O–H groups in total. The van der Waals surface area contributed by atoms with Crippen molar-refractivity contribution in [2.75, 3.05) is 7.05 Å². The highest BCUT2D eigenvalue weighted by molar-refractivity contribution is 5.93. The monoisotopic (exact) mass is 271 g/mol. The summed E-state index contributed by atoms with van der Waals surface area (Å²) in [6.07, 6.45) is 4.74. The summed E-state index contributed by atoms with van der Waals surface area (Å²) in [4.78, 5) is 26.1. The van der Waals surface area contributed by atoms with Crippen LogP contribution >= 0.6 is 0 Å². The lowest BCUT2D eigenvalue weighted by Gasteiger charge is -2.36. The van der Waals surface area contributed by atoms with E-state index in [1.54, 1.807) is 11.9 Å². The first-order valence-corrected chi connectivity index (χ1v) is 6.79. The maximum atomic E-state index is 12.5. The van der Waals surface area contributed by atoms with Gasteiger partial charge in [-0.3, -0.25) is 9.59 Å². The van der Waals surface area contributed by atoms with Gasteiger partial charge in [-0.1, -0.05) is 42.5 Å². The maximum absolute atomic E-state index is 12.5. The number of benzene rings is 1. The molecular formula is C16H17NO3. The van der Waals surface area contributed by atoms with Crippen molar-refractivity contribution in [3.05, 3.63) is 48.0 Å². The van der Waals surface area contributed by atoms with Crippen LogP contribution in [0.15, 0.2) is 42.5 Å². The van der Waals surface area contributed by atoms with Crippen molar-refractivity contribution in [1.82, 2.24) is 4.90 Å². The Morgan fingerprint density at radius 3 is 2.65 bits per heavy atom. The number of nitrogens with zero attached hydrogens (tertiary/aromatic N) is 1. The number of hydrogen-bond acceptors (Lipinski definition) is 2. The fourth-order valence-electron chi connectivity index (χ4n) is 3.71. The van der Waals surface area contributed by atoms with Crippen molar-refractivity contribution in [3.63, 3.8) is 0 Å². The number of aliphatic carboxylic acids is 1. The number of carbonyl (C=O) groups is 2. The van der Waals surface area contributed by atoms with Crippen LogP contribution in [0.5, 0.6) is 0 Å². The third kappa shape index (κ3) is 1.54. The van der Waals surface area contributed by atoms with E-state index in [-0.39, 0.29) is 5.91 Å². The molecule has 1 fully saturated rings. The number of carbonyl (C=O) groups excluding carboxylic acids is 1. The molecular weight excluding hydrogens is 254 g/mol. The second kappa shape index (κ2) is 4.47. The van der Waals surface area contributed by atoms with E-state index >= 15 is 0 Å². The Kier molecular flexibility index (Phi) is 2.89. The first-order chi connectivity index (χ1) is 9.59. The molecule has 0 saturated carbocycles. The lowest BCUT2D eigenvalue weighted by Crippen LogP contribution is -2.42. The summed E-state index contributed by atoms with van der Waals surface area (Å²) in [6, 6.07) is 9.07. The maximum Gasteiger partial charge on any atom is 0.313 e. The van der Waals surface area contributed by atoms with E-state index in [9.17, 15) is 14.7 Å². The molecule has 0 bridgehead atoms. The van der Waals surface area contributed by atoms with E-state index in [0.717, 1.165) is 5.56 Å². The highest BCUT2D eigenvalue weighted by atomic mass is 16.4. The second-order valence-corrected chi connectivity index (χ2v) is 5.57. The average Bonchev–Trinajstić information content (AvgIpc) is 2.70. The van der Waals surface area contributed by atoms with Crippen LogP contribution in [0.4, 0.5) is 0 Å². The number of likely N-dealkylation sites (tertiary alicyclic amines) is 1. The first-order valence-electron chi connectivity index (χ1n) is 6.79. The van der Waals surface area contributed by atoms with Crippen LogP contribution < -0.4 is 0 Å². The van der Waals surface area contributed by atoms with Crippen LogP contribution in [-0.2, 0) is 9.59 Å². The van der Waals surface area contributed by atoms with E-state index in [0.29, 0.717) is 12.8 Å². The predicted molar refractivity (Wildman–Crippen MR) is 73.9 cm³/mol. The summed E-state index contributed by atoms with van der Waals surface area (Å²) < 4.78 is 0. The minimum atomic E-state index is -1.04. The summed E-state index contributed by atoms with van der Waals surface area (Å²) >= 11 is 0. The molecule has 1 aromatic rings. The lowest BCUT2D eigenvalue weighted by atomic mass is 9.65. The standard InChI is InChI=1S/C16H17NO3/c1-17-13(11-7-3-2-4-8-11)16(15(19)20)10-6-5-9-12(16)14(17)18/h2-8,12-13H,9-10H2,1H3,(H,19,20)/t12-,13-,16+/m0/s1. The lowest BCUT2D eigenvalue weighted by molar-refractivity contribution is -0.154. The topological polar surface area (TPSA) is 57.6 Å². The molecule has 3 rings (SSSR count). The van der Waals surface area contributed by atoms with Gasteiger partial charge < -0.3 is 10.0 Å². The third-order valence-corrected chi connectivity index (χ3v) is 4.65.